The average Bonchev–Trinajstić information content (AvgIpc) is 3.51. The molecular formula is C29H29N3O4S2. The Balaban J connectivity index is 1.65. The minimum Gasteiger partial charge on any atom is -0.503 e. The normalized spacial score (nSPS) is 16.1. The van der Waals surface area contributed by atoms with E-state index in [1.807, 2.05) is 56.3 Å². The van der Waals surface area contributed by atoms with Gasteiger partial charge >= 0.3 is 0 Å². The molecule has 38 heavy (non-hydrogen) atoms. The molecule has 7 nitrogen and oxygen atoms in total. The van der Waals surface area contributed by atoms with Gasteiger partial charge in [-0.3, -0.25) is 14.5 Å². The number of hydrogen-bond acceptors (Lipinski definition) is 8. The van der Waals surface area contributed by atoms with Crippen LogP contribution in [0.4, 0.5) is 5.13 Å². The van der Waals surface area contributed by atoms with Crippen LogP contribution in [-0.2, 0) is 10.2 Å². The van der Waals surface area contributed by atoms with Crippen LogP contribution in [0.1, 0.15) is 65.2 Å². The number of aromatic nitrogens is 2. The van der Waals surface area contributed by atoms with E-state index in [2.05, 4.69) is 25.8 Å². The average molecular weight is 548 g/mol. The zero-order chi connectivity index (χ0) is 27.4. The number of carbonyl (C=O) groups is 2. The van der Waals surface area contributed by atoms with Crippen molar-refractivity contribution < 1.29 is 19.4 Å². The van der Waals surface area contributed by atoms with Gasteiger partial charge in [0, 0.05) is 0 Å². The van der Waals surface area contributed by atoms with Crippen LogP contribution < -0.4 is 9.64 Å². The molecule has 0 aliphatic carbocycles. The predicted octanol–water partition coefficient (Wildman–Crippen LogP) is 6.85. The molecule has 0 bridgehead atoms. The lowest BCUT2D eigenvalue weighted by Gasteiger charge is -2.26. The largest absolute Gasteiger partial charge is 0.503 e. The number of fused-ring (bicyclic) bond motifs is 1. The molecule has 1 unspecified atom stereocenters. The first-order chi connectivity index (χ1) is 18.0. The number of nitrogens with zero attached hydrogens (tertiary/aromatic N) is 3. The van der Waals surface area contributed by atoms with E-state index >= 15 is 0 Å². The summed E-state index contributed by atoms with van der Waals surface area (Å²) in [7, 11) is 0. The highest BCUT2D eigenvalue weighted by Crippen LogP contribution is 2.45. The molecule has 2 aromatic carbocycles. The molecule has 3 heterocycles. The fourth-order valence-corrected chi connectivity index (χ4v) is 6.53. The molecule has 5 rings (SSSR count). The summed E-state index contributed by atoms with van der Waals surface area (Å²) in [5.74, 6) is -0.892. The molecular weight excluding hydrogens is 518 g/mol. The molecule has 0 spiro atoms. The van der Waals surface area contributed by atoms with Gasteiger partial charge in [-0.05, 0) is 55.5 Å². The Morgan fingerprint density at radius 1 is 1.08 bits per heavy atom. The van der Waals surface area contributed by atoms with E-state index in [0.29, 0.717) is 39.1 Å². The van der Waals surface area contributed by atoms with E-state index < -0.39 is 23.5 Å². The minimum atomic E-state index is -0.835. The summed E-state index contributed by atoms with van der Waals surface area (Å²) in [6, 6.07) is 12.6. The Morgan fingerprint density at radius 2 is 1.79 bits per heavy atom. The Bertz CT molecular complexity index is 1590. The fraction of sp³-hybridized carbons (Fsp3) is 0.310. The lowest BCUT2D eigenvalue weighted by Crippen LogP contribution is -2.31. The highest BCUT2D eigenvalue weighted by atomic mass is 32.1. The number of anilines is 1. The molecule has 9 heteroatoms. The third kappa shape index (κ3) is 4.50. The van der Waals surface area contributed by atoms with Crippen molar-refractivity contribution in [3.8, 4) is 5.75 Å². The quantitative estimate of drug-likeness (QED) is 0.266. The van der Waals surface area contributed by atoms with Crippen molar-refractivity contribution in [2.45, 2.75) is 53.0 Å². The number of amides is 1. The van der Waals surface area contributed by atoms with Gasteiger partial charge < -0.3 is 9.84 Å². The van der Waals surface area contributed by atoms with Crippen LogP contribution in [0.25, 0.3) is 10.2 Å². The number of rotatable bonds is 6. The summed E-state index contributed by atoms with van der Waals surface area (Å²) in [5.41, 5.74) is 3.09. The molecule has 1 atom stereocenters. The van der Waals surface area contributed by atoms with Crippen molar-refractivity contribution >= 4 is 49.7 Å². The molecule has 0 saturated heterocycles. The number of ether oxygens (including phenoxy) is 1. The number of aliphatic hydroxyl groups excluding tert-OH is 1. The molecule has 4 aromatic rings. The van der Waals surface area contributed by atoms with Crippen molar-refractivity contribution in [3.05, 3.63) is 80.5 Å². The summed E-state index contributed by atoms with van der Waals surface area (Å²) in [6.07, 6.45) is 0. The number of hydrogen-bond donors (Lipinski definition) is 1. The van der Waals surface area contributed by atoms with Crippen LogP contribution in [0.2, 0.25) is 0 Å². The highest BCUT2D eigenvalue weighted by molar-refractivity contribution is 7.22. The lowest BCUT2D eigenvalue weighted by molar-refractivity contribution is -0.117. The smallest absolute Gasteiger partial charge is 0.296 e. The highest BCUT2D eigenvalue weighted by Gasteiger charge is 2.46. The molecule has 1 aliphatic heterocycles. The Kier molecular flexibility index (Phi) is 6.61. The van der Waals surface area contributed by atoms with Crippen molar-refractivity contribution in [2.24, 2.45) is 0 Å². The van der Waals surface area contributed by atoms with E-state index in [0.717, 1.165) is 15.3 Å². The third-order valence-electron chi connectivity index (χ3n) is 6.52. The number of ketones is 1. The summed E-state index contributed by atoms with van der Waals surface area (Å²) in [5, 5.41) is 12.3. The Labute approximate surface area is 229 Å². The van der Waals surface area contributed by atoms with E-state index in [-0.39, 0.29) is 11.0 Å². The van der Waals surface area contributed by atoms with Gasteiger partial charge in [0.2, 0.25) is 5.78 Å². The maximum Gasteiger partial charge on any atom is 0.296 e. The number of Topliss-reactive ketones (excluding diaryl/α,β-unsaturated/α-hetero) is 1. The van der Waals surface area contributed by atoms with Gasteiger partial charge in [-0.1, -0.05) is 56.4 Å². The van der Waals surface area contributed by atoms with Gasteiger partial charge in [-0.25, -0.2) is 9.97 Å². The zero-order valence-electron chi connectivity index (χ0n) is 22.2. The first-order valence-corrected chi connectivity index (χ1v) is 14.0. The Hall–Kier alpha value is -3.56. The third-order valence-corrected chi connectivity index (χ3v) is 8.61. The second kappa shape index (κ2) is 9.63. The zero-order valence-corrected chi connectivity index (χ0v) is 23.8. The molecule has 196 valence electrons. The first kappa shape index (κ1) is 26.1. The van der Waals surface area contributed by atoms with Crippen LogP contribution in [0.3, 0.4) is 0 Å². The van der Waals surface area contributed by atoms with Crippen LogP contribution in [0, 0.1) is 13.8 Å². The van der Waals surface area contributed by atoms with E-state index in [4.69, 9.17) is 9.72 Å². The number of aliphatic hydroxyl groups is 1. The Morgan fingerprint density at radius 3 is 2.39 bits per heavy atom. The van der Waals surface area contributed by atoms with Crippen molar-refractivity contribution in [3.63, 3.8) is 0 Å². The maximum atomic E-state index is 13.9. The van der Waals surface area contributed by atoms with Gasteiger partial charge in [0.1, 0.15) is 5.75 Å². The van der Waals surface area contributed by atoms with Crippen molar-refractivity contribution in [2.75, 3.05) is 11.5 Å². The van der Waals surface area contributed by atoms with Gasteiger partial charge in [-0.2, -0.15) is 0 Å². The van der Waals surface area contributed by atoms with Gasteiger partial charge in [-0.15, -0.1) is 11.3 Å². The summed E-state index contributed by atoms with van der Waals surface area (Å²) in [6.45, 7) is 12.4. The van der Waals surface area contributed by atoms with Crippen molar-refractivity contribution in [1.82, 2.24) is 9.97 Å². The SMILES string of the molecule is CCOc1ccc2nc(N3C(=O)C(O)=C(C(=O)c4sc(C)nc4C)C3c3ccc(C(C)(C)C)cc3)sc2c1. The fourth-order valence-electron chi connectivity index (χ4n) is 4.63. The summed E-state index contributed by atoms with van der Waals surface area (Å²) in [4.78, 5) is 38.4. The number of benzene rings is 2. The molecule has 2 aromatic heterocycles. The van der Waals surface area contributed by atoms with Crippen LogP contribution >= 0.6 is 22.7 Å². The van der Waals surface area contributed by atoms with Crippen LogP contribution in [-0.4, -0.2) is 33.4 Å². The molecule has 1 aliphatic rings. The van der Waals surface area contributed by atoms with Crippen LogP contribution in [0.15, 0.2) is 53.8 Å². The maximum absolute atomic E-state index is 13.9. The molecule has 1 amide bonds. The molecule has 0 saturated carbocycles. The summed E-state index contributed by atoms with van der Waals surface area (Å²) >= 11 is 2.58. The molecule has 0 fully saturated rings. The van der Waals surface area contributed by atoms with Gasteiger partial charge in [0.05, 0.1) is 44.0 Å². The van der Waals surface area contributed by atoms with Gasteiger partial charge in [0.15, 0.2) is 10.9 Å². The van der Waals surface area contributed by atoms with Crippen molar-refractivity contribution in [1.29, 1.82) is 0 Å². The molecule has 1 N–H and O–H groups in total. The lowest BCUT2D eigenvalue weighted by atomic mass is 9.85. The monoisotopic (exact) mass is 547 g/mol. The predicted molar refractivity (Wildman–Crippen MR) is 152 cm³/mol. The molecule has 0 radical (unpaired) electrons. The second-order valence-electron chi connectivity index (χ2n) is 10.2. The standard InChI is InChI=1S/C29H29N3O4S2/c1-7-36-19-12-13-20-21(14-19)38-28(31-20)32-23(17-8-10-18(11-9-17)29(4,5)6)22(25(34)27(32)35)24(33)26-15(2)30-16(3)37-26/h8-14,23,34H,7H2,1-6H3. The second-order valence-corrected chi connectivity index (χ2v) is 12.5. The summed E-state index contributed by atoms with van der Waals surface area (Å²) < 4.78 is 6.47. The minimum absolute atomic E-state index is 0.0412. The van der Waals surface area contributed by atoms with Crippen LogP contribution in [0.5, 0.6) is 5.75 Å². The van der Waals surface area contributed by atoms with E-state index in [1.54, 1.807) is 6.92 Å². The number of thiazole rings is 2. The topological polar surface area (TPSA) is 92.6 Å². The van der Waals surface area contributed by atoms with Gasteiger partial charge in [0.25, 0.3) is 5.91 Å². The number of carbonyl (C=O) groups excluding carboxylic acids is 2. The number of aryl methyl sites for hydroxylation is 2. The van der Waals surface area contributed by atoms with E-state index in [9.17, 15) is 14.7 Å². The first-order valence-electron chi connectivity index (χ1n) is 12.4. The van der Waals surface area contributed by atoms with E-state index in [1.165, 1.54) is 27.6 Å².